The van der Waals surface area contributed by atoms with Crippen molar-refractivity contribution in [1.29, 1.82) is 0 Å². The zero-order valence-corrected chi connectivity index (χ0v) is 14.9. The Kier molecular flexibility index (Phi) is 4.41. The van der Waals surface area contributed by atoms with Crippen molar-refractivity contribution in [1.82, 2.24) is 13.7 Å². The highest BCUT2D eigenvalue weighted by Gasteiger charge is 2.24. The Hall–Kier alpha value is -3.12. The molecule has 0 aliphatic rings. The molecule has 2 heterocycles. The van der Waals surface area contributed by atoms with Gasteiger partial charge in [0.25, 0.3) is 0 Å². The van der Waals surface area contributed by atoms with E-state index in [1.54, 1.807) is 6.92 Å². The molecule has 5 nitrogen and oxygen atoms in total. The number of ether oxygens (including phenoxy) is 1. The number of fused-ring (bicyclic) bond motifs is 1. The molecular formula is C20H15N3O2S. The van der Waals surface area contributed by atoms with Gasteiger partial charge < -0.3 is 4.74 Å². The number of esters is 1. The number of rotatable bonds is 4. The van der Waals surface area contributed by atoms with E-state index in [2.05, 4.69) is 13.7 Å². The van der Waals surface area contributed by atoms with Crippen LogP contribution >= 0.6 is 11.7 Å². The van der Waals surface area contributed by atoms with Crippen LogP contribution in [0.1, 0.15) is 17.4 Å². The van der Waals surface area contributed by atoms with Crippen LogP contribution < -0.4 is 0 Å². The second kappa shape index (κ2) is 7.01. The normalized spacial score (nSPS) is 10.8. The third-order valence-corrected chi connectivity index (χ3v) is 4.52. The summed E-state index contributed by atoms with van der Waals surface area (Å²) in [6, 6.07) is 19.3. The molecule has 0 atom stereocenters. The molecule has 0 saturated carbocycles. The lowest BCUT2D eigenvalue weighted by molar-refractivity contribution is 0.0521. The first-order valence-corrected chi connectivity index (χ1v) is 8.97. The number of nitrogens with zero attached hydrogens (tertiary/aromatic N) is 3. The van der Waals surface area contributed by atoms with E-state index in [1.165, 1.54) is 0 Å². The lowest BCUT2D eigenvalue weighted by Gasteiger charge is -2.12. The summed E-state index contributed by atoms with van der Waals surface area (Å²) in [4.78, 5) is 17.3. The first kappa shape index (κ1) is 16.4. The zero-order valence-electron chi connectivity index (χ0n) is 14.0. The Bertz CT molecular complexity index is 1060. The molecule has 0 amide bonds. The molecular weight excluding hydrogens is 346 g/mol. The molecule has 2 aromatic heterocycles. The number of carbonyl (C=O) groups excluding carboxylic acids is 1. The minimum absolute atomic E-state index is 0.261. The smallest absolute Gasteiger partial charge is 0.357 e. The Morgan fingerprint density at radius 1 is 0.923 bits per heavy atom. The summed E-state index contributed by atoms with van der Waals surface area (Å²) >= 11 is 1.11. The zero-order chi connectivity index (χ0) is 17.9. The molecule has 0 bridgehead atoms. The molecule has 4 rings (SSSR count). The van der Waals surface area contributed by atoms with Crippen molar-refractivity contribution >= 4 is 28.7 Å². The van der Waals surface area contributed by atoms with Gasteiger partial charge in [-0.05, 0) is 12.5 Å². The van der Waals surface area contributed by atoms with Gasteiger partial charge in [-0.15, -0.1) is 0 Å². The molecule has 0 aliphatic heterocycles. The molecule has 2 aromatic carbocycles. The fourth-order valence-electron chi connectivity index (χ4n) is 2.86. The van der Waals surface area contributed by atoms with Gasteiger partial charge in [0.2, 0.25) is 0 Å². The van der Waals surface area contributed by atoms with Crippen molar-refractivity contribution in [3.8, 4) is 22.4 Å². The number of hydrogen-bond acceptors (Lipinski definition) is 6. The largest absolute Gasteiger partial charge is 0.461 e. The van der Waals surface area contributed by atoms with Gasteiger partial charge in [-0.3, -0.25) is 0 Å². The lowest BCUT2D eigenvalue weighted by Crippen LogP contribution is -2.10. The van der Waals surface area contributed by atoms with E-state index in [1.807, 2.05) is 60.7 Å². The van der Waals surface area contributed by atoms with Gasteiger partial charge >= 0.3 is 5.97 Å². The highest BCUT2D eigenvalue weighted by Crippen LogP contribution is 2.35. The molecule has 0 saturated heterocycles. The number of hydrogen-bond donors (Lipinski definition) is 0. The molecule has 128 valence electrons. The van der Waals surface area contributed by atoms with E-state index in [-0.39, 0.29) is 12.3 Å². The molecule has 0 aliphatic carbocycles. The van der Waals surface area contributed by atoms with Gasteiger partial charge in [0, 0.05) is 11.1 Å². The van der Waals surface area contributed by atoms with Crippen LogP contribution in [0.5, 0.6) is 0 Å². The van der Waals surface area contributed by atoms with Crippen molar-refractivity contribution in [2.45, 2.75) is 6.92 Å². The average molecular weight is 361 g/mol. The van der Waals surface area contributed by atoms with Crippen LogP contribution in [0, 0.1) is 0 Å². The molecule has 6 heteroatoms. The maximum absolute atomic E-state index is 12.7. The van der Waals surface area contributed by atoms with E-state index >= 15 is 0 Å². The van der Waals surface area contributed by atoms with Crippen LogP contribution in [-0.4, -0.2) is 26.3 Å². The van der Waals surface area contributed by atoms with Gasteiger partial charge in [0.05, 0.1) is 18.3 Å². The van der Waals surface area contributed by atoms with Crippen molar-refractivity contribution < 1.29 is 9.53 Å². The van der Waals surface area contributed by atoms with Crippen LogP contribution in [0.4, 0.5) is 0 Å². The van der Waals surface area contributed by atoms with Gasteiger partial charge in [-0.2, -0.15) is 8.75 Å². The first-order valence-electron chi connectivity index (χ1n) is 8.23. The average Bonchev–Trinajstić information content (AvgIpc) is 3.18. The van der Waals surface area contributed by atoms with Crippen molar-refractivity contribution in [2.24, 2.45) is 0 Å². The Morgan fingerprint density at radius 2 is 1.54 bits per heavy atom. The minimum atomic E-state index is -0.460. The topological polar surface area (TPSA) is 65.0 Å². The SMILES string of the molecule is CCOC(=O)c1nc(-c2ccccc2)c2nsnc2c1-c1ccccc1. The quantitative estimate of drug-likeness (QED) is 0.497. The summed E-state index contributed by atoms with van der Waals surface area (Å²) in [6.07, 6.45) is 0. The monoisotopic (exact) mass is 361 g/mol. The fraction of sp³-hybridized carbons (Fsp3) is 0.100. The third-order valence-electron chi connectivity index (χ3n) is 3.99. The Morgan fingerprint density at radius 3 is 2.19 bits per heavy atom. The molecule has 0 radical (unpaired) electrons. The molecule has 4 aromatic rings. The maximum Gasteiger partial charge on any atom is 0.357 e. The first-order chi connectivity index (χ1) is 12.8. The molecule has 0 N–H and O–H groups in total. The van der Waals surface area contributed by atoms with E-state index in [0.29, 0.717) is 22.3 Å². The van der Waals surface area contributed by atoms with Gasteiger partial charge in [0.1, 0.15) is 16.7 Å². The van der Waals surface area contributed by atoms with E-state index < -0.39 is 5.97 Å². The van der Waals surface area contributed by atoms with Crippen LogP contribution in [0.3, 0.4) is 0 Å². The van der Waals surface area contributed by atoms with Crippen molar-refractivity contribution in [2.75, 3.05) is 6.61 Å². The highest BCUT2D eigenvalue weighted by molar-refractivity contribution is 7.00. The van der Waals surface area contributed by atoms with Gasteiger partial charge in [-0.25, -0.2) is 9.78 Å². The molecule has 0 spiro atoms. The second-order valence-corrected chi connectivity index (χ2v) is 6.13. The fourth-order valence-corrected chi connectivity index (χ4v) is 3.42. The molecule has 0 unspecified atom stereocenters. The standard InChI is InChI=1S/C20H15N3O2S/c1-2-25-20(24)18-15(13-9-5-3-6-10-13)17-19(23-26-22-17)16(21-18)14-11-7-4-8-12-14/h3-12H,2H2,1H3. The van der Waals surface area contributed by atoms with Crippen LogP contribution in [0.25, 0.3) is 33.4 Å². The maximum atomic E-state index is 12.7. The molecule has 0 fully saturated rings. The summed E-state index contributed by atoms with van der Waals surface area (Å²) in [7, 11) is 0. The molecule has 26 heavy (non-hydrogen) atoms. The number of pyridine rings is 1. The summed E-state index contributed by atoms with van der Waals surface area (Å²) in [5.41, 5.74) is 4.66. The number of benzene rings is 2. The van der Waals surface area contributed by atoms with Crippen LogP contribution in [0.15, 0.2) is 60.7 Å². The Labute approximate surface area is 154 Å². The third kappa shape index (κ3) is 2.84. The van der Waals surface area contributed by atoms with Gasteiger partial charge in [0.15, 0.2) is 5.69 Å². The van der Waals surface area contributed by atoms with Crippen LogP contribution in [0.2, 0.25) is 0 Å². The summed E-state index contributed by atoms with van der Waals surface area (Å²) < 4.78 is 14.2. The summed E-state index contributed by atoms with van der Waals surface area (Å²) in [5.74, 6) is -0.460. The lowest BCUT2D eigenvalue weighted by atomic mass is 9.99. The predicted molar refractivity (Wildman–Crippen MR) is 102 cm³/mol. The van der Waals surface area contributed by atoms with E-state index in [0.717, 1.165) is 22.9 Å². The predicted octanol–water partition coefficient (Wildman–Crippen LogP) is 4.60. The second-order valence-electron chi connectivity index (χ2n) is 5.60. The summed E-state index contributed by atoms with van der Waals surface area (Å²) in [5, 5.41) is 0. The Balaban J connectivity index is 2.06. The van der Waals surface area contributed by atoms with Crippen molar-refractivity contribution in [3.05, 3.63) is 66.4 Å². The van der Waals surface area contributed by atoms with Gasteiger partial charge in [-0.1, -0.05) is 60.7 Å². The van der Waals surface area contributed by atoms with Crippen molar-refractivity contribution in [3.63, 3.8) is 0 Å². The van der Waals surface area contributed by atoms with E-state index in [9.17, 15) is 4.79 Å². The minimum Gasteiger partial charge on any atom is -0.461 e. The van der Waals surface area contributed by atoms with Crippen LogP contribution in [-0.2, 0) is 4.74 Å². The highest BCUT2D eigenvalue weighted by atomic mass is 32.1. The number of aromatic nitrogens is 3. The van der Waals surface area contributed by atoms with E-state index in [4.69, 9.17) is 4.74 Å². The summed E-state index contributed by atoms with van der Waals surface area (Å²) in [6.45, 7) is 2.06. The number of carbonyl (C=O) groups is 1.